The van der Waals surface area contributed by atoms with E-state index in [4.69, 9.17) is 4.18 Å². The smallest absolute Gasteiger partial charge is 0.310 e. The van der Waals surface area contributed by atoms with Gasteiger partial charge in [0.2, 0.25) is 15.7 Å². The van der Waals surface area contributed by atoms with Crippen molar-refractivity contribution in [3.8, 4) is 17.0 Å². The molecule has 3 rings (SSSR count). The number of hydrogen-bond donors (Lipinski definition) is 0. The molecule has 0 radical (unpaired) electrons. The lowest BCUT2D eigenvalue weighted by molar-refractivity contribution is 0.455. The van der Waals surface area contributed by atoms with Gasteiger partial charge in [0.05, 0.1) is 21.9 Å². The van der Waals surface area contributed by atoms with Gasteiger partial charge in [0.25, 0.3) is 0 Å². The molecule has 2 aromatic rings. The molecule has 1 aromatic carbocycles. The van der Waals surface area contributed by atoms with E-state index in [1.165, 1.54) is 4.68 Å². The van der Waals surface area contributed by atoms with Gasteiger partial charge in [0, 0.05) is 13.5 Å². The van der Waals surface area contributed by atoms with E-state index in [1.54, 1.807) is 46.8 Å². The summed E-state index contributed by atoms with van der Waals surface area (Å²) < 4.78 is 57.9. The van der Waals surface area contributed by atoms with Crippen LogP contribution in [0.2, 0.25) is 0 Å². The van der Waals surface area contributed by atoms with Crippen molar-refractivity contribution in [1.82, 2.24) is 9.78 Å². The number of benzene rings is 1. The Morgan fingerprint density at radius 3 is 2.44 bits per heavy atom. The van der Waals surface area contributed by atoms with Gasteiger partial charge in [0.15, 0.2) is 0 Å². The summed E-state index contributed by atoms with van der Waals surface area (Å²) in [4.78, 5) is 11.3. The standard InChI is InChI=1S/C22H28N2O6S2/c1-8-9-31(26,27)30-21-18(15(4)23-24(21)7)17-10-13(2)20-19(14(17)3)22(5,6)11-16(12-25)32(20,28)29/h10H,8-9,11H2,1-7H3. The van der Waals surface area contributed by atoms with Gasteiger partial charge in [0.1, 0.15) is 10.8 Å². The van der Waals surface area contributed by atoms with E-state index in [2.05, 4.69) is 5.10 Å². The predicted molar refractivity (Wildman–Crippen MR) is 122 cm³/mol. The molecule has 0 N–H and O–H groups in total. The van der Waals surface area contributed by atoms with Gasteiger partial charge in [-0.1, -0.05) is 20.8 Å². The van der Waals surface area contributed by atoms with E-state index >= 15 is 0 Å². The topological polar surface area (TPSA) is 112 Å². The van der Waals surface area contributed by atoms with Crippen LogP contribution in [0.3, 0.4) is 0 Å². The summed E-state index contributed by atoms with van der Waals surface area (Å²) in [6.45, 7) is 10.7. The summed E-state index contributed by atoms with van der Waals surface area (Å²) in [5.74, 6) is 1.57. The molecule has 174 valence electrons. The van der Waals surface area contributed by atoms with Crippen molar-refractivity contribution >= 4 is 25.9 Å². The second-order valence-corrected chi connectivity index (χ2v) is 12.5. The molecule has 0 saturated carbocycles. The quantitative estimate of drug-likeness (QED) is 0.477. The lowest BCUT2D eigenvalue weighted by Gasteiger charge is -2.35. The molecule has 32 heavy (non-hydrogen) atoms. The molecular formula is C22H28N2O6S2. The lowest BCUT2D eigenvalue weighted by Crippen LogP contribution is -2.31. The van der Waals surface area contributed by atoms with Crippen LogP contribution in [-0.2, 0) is 37.2 Å². The maximum absolute atomic E-state index is 13.1. The van der Waals surface area contributed by atoms with Crippen molar-refractivity contribution in [2.24, 2.45) is 7.05 Å². The summed E-state index contributed by atoms with van der Waals surface area (Å²) in [6, 6.07) is 1.69. The molecule has 0 aliphatic carbocycles. The van der Waals surface area contributed by atoms with Crippen LogP contribution in [0.25, 0.3) is 11.1 Å². The molecule has 1 aliphatic rings. The monoisotopic (exact) mass is 480 g/mol. The first-order valence-electron chi connectivity index (χ1n) is 10.3. The van der Waals surface area contributed by atoms with Gasteiger partial charge in [-0.2, -0.15) is 13.5 Å². The van der Waals surface area contributed by atoms with Crippen molar-refractivity contribution in [2.45, 2.75) is 64.7 Å². The number of allylic oxidation sites excluding steroid dienone is 1. The Balaban J connectivity index is 2.38. The predicted octanol–water partition coefficient (Wildman–Crippen LogP) is 3.30. The van der Waals surface area contributed by atoms with E-state index in [0.29, 0.717) is 39.9 Å². The van der Waals surface area contributed by atoms with Crippen LogP contribution in [0.5, 0.6) is 5.88 Å². The van der Waals surface area contributed by atoms with Crippen LogP contribution in [0.4, 0.5) is 0 Å². The number of nitrogens with zero attached hydrogens (tertiary/aromatic N) is 2. The van der Waals surface area contributed by atoms with Crippen LogP contribution in [-0.4, -0.2) is 38.3 Å². The number of aryl methyl sites for hydroxylation is 3. The van der Waals surface area contributed by atoms with Crippen LogP contribution in [0.1, 0.15) is 56.0 Å². The largest absolute Gasteiger partial charge is 0.361 e. The minimum absolute atomic E-state index is 0.0375. The van der Waals surface area contributed by atoms with E-state index < -0.39 is 25.4 Å². The van der Waals surface area contributed by atoms with Crippen molar-refractivity contribution in [1.29, 1.82) is 0 Å². The Labute approximate surface area is 189 Å². The molecule has 2 heterocycles. The van der Waals surface area contributed by atoms with Crippen molar-refractivity contribution in [3.63, 3.8) is 0 Å². The zero-order valence-electron chi connectivity index (χ0n) is 19.4. The van der Waals surface area contributed by atoms with E-state index in [1.807, 2.05) is 13.8 Å². The second kappa shape index (κ2) is 7.86. The maximum Gasteiger partial charge on any atom is 0.310 e. The van der Waals surface area contributed by atoms with Gasteiger partial charge in [-0.25, -0.2) is 17.9 Å². The van der Waals surface area contributed by atoms with Crippen LogP contribution >= 0.6 is 0 Å². The molecule has 10 heteroatoms. The number of aromatic nitrogens is 2. The minimum Gasteiger partial charge on any atom is -0.361 e. The van der Waals surface area contributed by atoms with Gasteiger partial charge in [-0.15, -0.1) is 0 Å². The molecule has 0 unspecified atom stereocenters. The summed E-state index contributed by atoms with van der Waals surface area (Å²) in [5, 5.41) is 4.36. The minimum atomic E-state index is -3.96. The molecule has 1 aliphatic heterocycles. The summed E-state index contributed by atoms with van der Waals surface area (Å²) in [5.41, 5.74) is 2.81. The first-order valence-corrected chi connectivity index (χ1v) is 13.3. The number of carbonyl (C=O) groups excluding carboxylic acids is 1. The second-order valence-electron chi connectivity index (χ2n) is 8.89. The average Bonchev–Trinajstić information content (AvgIpc) is 2.92. The van der Waals surface area contributed by atoms with Crippen molar-refractivity contribution in [2.75, 3.05) is 5.75 Å². The highest BCUT2D eigenvalue weighted by atomic mass is 32.2. The average molecular weight is 481 g/mol. The third-order valence-corrected chi connectivity index (χ3v) is 9.07. The highest BCUT2D eigenvalue weighted by molar-refractivity contribution is 7.95. The maximum atomic E-state index is 13.1. The molecule has 0 fully saturated rings. The Kier molecular flexibility index (Phi) is 5.95. The highest BCUT2D eigenvalue weighted by Crippen LogP contribution is 2.49. The first kappa shape index (κ1) is 24.2. The van der Waals surface area contributed by atoms with Crippen molar-refractivity contribution in [3.05, 3.63) is 33.4 Å². The first-order chi connectivity index (χ1) is 14.7. The SMILES string of the molecule is CCCS(=O)(=O)Oc1c(-c2cc(C)c3c(c2C)C(C)(C)CC(=C=O)S3(=O)=O)c(C)nn1C. The summed E-state index contributed by atoms with van der Waals surface area (Å²) in [6.07, 6.45) is 0.444. The van der Waals surface area contributed by atoms with Crippen LogP contribution < -0.4 is 4.18 Å². The van der Waals surface area contributed by atoms with Crippen LogP contribution in [0, 0.1) is 20.8 Å². The lowest BCUT2D eigenvalue weighted by atomic mass is 9.76. The highest BCUT2D eigenvalue weighted by Gasteiger charge is 2.43. The Hall–Kier alpha value is -2.42. The summed E-state index contributed by atoms with van der Waals surface area (Å²) >= 11 is 0. The number of hydrogen-bond acceptors (Lipinski definition) is 7. The molecule has 0 bridgehead atoms. The molecule has 0 amide bonds. The van der Waals surface area contributed by atoms with Gasteiger partial charge in [-0.05, 0) is 60.9 Å². The number of rotatable bonds is 5. The fraction of sp³-hybridized carbons (Fsp3) is 0.500. The van der Waals surface area contributed by atoms with Crippen LogP contribution in [0.15, 0.2) is 15.9 Å². The fourth-order valence-electron chi connectivity index (χ4n) is 4.57. The van der Waals surface area contributed by atoms with Crippen molar-refractivity contribution < 1.29 is 25.8 Å². The third kappa shape index (κ3) is 3.80. The van der Waals surface area contributed by atoms with E-state index in [-0.39, 0.29) is 27.9 Å². The van der Waals surface area contributed by atoms with E-state index in [0.717, 1.165) is 0 Å². The normalized spacial score (nSPS) is 17.0. The molecule has 0 atom stereocenters. The third-order valence-electron chi connectivity index (χ3n) is 5.81. The number of fused-ring (bicyclic) bond motifs is 1. The molecule has 0 saturated heterocycles. The number of sulfone groups is 1. The Morgan fingerprint density at radius 2 is 1.88 bits per heavy atom. The van der Waals surface area contributed by atoms with Gasteiger partial charge < -0.3 is 4.18 Å². The Bertz CT molecular complexity index is 1380. The van der Waals surface area contributed by atoms with Gasteiger partial charge in [-0.3, -0.25) is 0 Å². The molecular weight excluding hydrogens is 452 g/mol. The van der Waals surface area contributed by atoms with E-state index in [9.17, 15) is 21.6 Å². The zero-order valence-corrected chi connectivity index (χ0v) is 21.0. The fourth-order valence-corrected chi connectivity index (χ4v) is 7.67. The summed E-state index contributed by atoms with van der Waals surface area (Å²) in [7, 11) is -6.18. The molecule has 8 nitrogen and oxygen atoms in total. The molecule has 0 spiro atoms. The molecule has 1 aromatic heterocycles. The van der Waals surface area contributed by atoms with Gasteiger partial charge >= 0.3 is 10.1 Å². The Morgan fingerprint density at radius 1 is 1.25 bits per heavy atom. The zero-order chi connectivity index (χ0) is 24.2.